The average molecular weight is 299 g/mol. The van der Waals surface area contributed by atoms with Gasteiger partial charge in [-0.15, -0.1) is 0 Å². The van der Waals surface area contributed by atoms with Crippen LogP contribution >= 0.6 is 15.9 Å². The van der Waals surface area contributed by atoms with Gasteiger partial charge in [-0.3, -0.25) is 4.79 Å². The molecule has 0 saturated carbocycles. The van der Waals surface area contributed by atoms with Crippen molar-refractivity contribution in [2.24, 2.45) is 5.92 Å². The third kappa shape index (κ3) is 5.00. The van der Waals surface area contributed by atoms with Gasteiger partial charge in [-0.05, 0) is 18.4 Å². The molecule has 1 aromatic carbocycles. The Balaban J connectivity index is 2.38. The normalized spacial score (nSPS) is 12.4. The second-order valence-electron chi connectivity index (χ2n) is 4.31. The summed E-state index contributed by atoms with van der Waals surface area (Å²) in [6, 6.07) is 7.43. The fourth-order valence-corrected chi connectivity index (χ4v) is 2.20. The van der Waals surface area contributed by atoms with Crippen molar-refractivity contribution >= 4 is 21.7 Å². The minimum absolute atomic E-state index is 0.0289. The smallest absolute Gasteiger partial charge is 0.189 e. The van der Waals surface area contributed by atoms with E-state index in [1.165, 1.54) is 0 Å². The molecule has 1 rings (SSSR count). The van der Waals surface area contributed by atoms with E-state index in [9.17, 15) is 4.79 Å². The molecule has 1 atom stereocenters. The summed E-state index contributed by atoms with van der Waals surface area (Å²) in [6.45, 7) is 5.12. The van der Waals surface area contributed by atoms with Crippen molar-refractivity contribution in [2.75, 3.05) is 13.2 Å². The fraction of sp³-hybridized carbons (Fsp3) is 0.500. The summed E-state index contributed by atoms with van der Waals surface area (Å²) in [5.41, 5.74) is 0.690. The van der Waals surface area contributed by atoms with Crippen LogP contribution in [0.2, 0.25) is 0 Å². The van der Waals surface area contributed by atoms with Gasteiger partial charge in [0.05, 0.1) is 0 Å². The molecule has 0 amide bonds. The maximum Gasteiger partial charge on any atom is 0.189 e. The standard InChI is InChI=1S/C14H19BrO2/c1-3-6-11(2)9-17-10-14(16)12-7-4-5-8-13(12)15/h4-5,7-8,11H,3,6,9-10H2,1-2H3. The first-order valence-electron chi connectivity index (χ1n) is 6.00. The van der Waals surface area contributed by atoms with E-state index in [1.54, 1.807) is 0 Å². The predicted molar refractivity (Wildman–Crippen MR) is 73.4 cm³/mol. The third-order valence-corrected chi connectivity index (χ3v) is 3.28. The van der Waals surface area contributed by atoms with E-state index in [1.807, 2.05) is 24.3 Å². The number of ketones is 1. The Morgan fingerprint density at radius 2 is 2.12 bits per heavy atom. The number of halogens is 1. The van der Waals surface area contributed by atoms with Crippen LogP contribution in [0.3, 0.4) is 0 Å². The van der Waals surface area contributed by atoms with Gasteiger partial charge in [-0.25, -0.2) is 0 Å². The van der Waals surface area contributed by atoms with Gasteiger partial charge in [0.2, 0.25) is 0 Å². The molecule has 17 heavy (non-hydrogen) atoms. The summed E-state index contributed by atoms with van der Waals surface area (Å²) in [7, 11) is 0. The number of hydrogen-bond donors (Lipinski definition) is 0. The monoisotopic (exact) mass is 298 g/mol. The van der Waals surface area contributed by atoms with Crippen molar-refractivity contribution in [1.29, 1.82) is 0 Å². The Labute approximate surface area is 111 Å². The largest absolute Gasteiger partial charge is 0.373 e. The molecule has 1 unspecified atom stereocenters. The summed E-state index contributed by atoms with van der Waals surface area (Å²) in [5, 5.41) is 0. The number of rotatable bonds is 7. The first-order chi connectivity index (χ1) is 8.15. The minimum Gasteiger partial charge on any atom is -0.373 e. The zero-order valence-electron chi connectivity index (χ0n) is 10.4. The molecule has 0 radical (unpaired) electrons. The molecule has 0 spiro atoms. The molecule has 0 aliphatic heterocycles. The highest BCUT2D eigenvalue weighted by molar-refractivity contribution is 9.10. The van der Waals surface area contributed by atoms with Gasteiger partial charge in [0, 0.05) is 16.6 Å². The van der Waals surface area contributed by atoms with E-state index < -0.39 is 0 Å². The van der Waals surface area contributed by atoms with Crippen LogP contribution in [0.1, 0.15) is 37.0 Å². The second kappa shape index (κ2) is 7.62. The summed E-state index contributed by atoms with van der Waals surface area (Å²) in [5.74, 6) is 0.549. The number of benzene rings is 1. The van der Waals surface area contributed by atoms with Crippen molar-refractivity contribution in [3.8, 4) is 0 Å². The molecule has 0 bridgehead atoms. The van der Waals surface area contributed by atoms with Crippen LogP contribution in [0.5, 0.6) is 0 Å². The van der Waals surface area contributed by atoms with E-state index >= 15 is 0 Å². The maximum atomic E-state index is 11.8. The average Bonchev–Trinajstić information content (AvgIpc) is 2.29. The lowest BCUT2D eigenvalue weighted by Crippen LogP contribution is -2.13. The van der Waals surface area contributed by atoms with Crippen LogP contribution in [0, 0.1) is 5.92 Å². The first-order valence-corrected chi connectivity index (χ1v) is 6.80. The zero-order chi connectivity index (χ0) is 12.7. The van der Waals surface area contributed by atoms with Gasteiger partial charge >= 0.3 is 0 Å². The van der Waals surface area contributed by atoms with Gasteiger partial charge < -0.3 is 4.74 Å². The Bertz CT molecular complexity index is 363. The molecule has 1 aromatic rings. The minimum atomic E-state index is 0.0289. The first kappa shape index (κ1) is 14.4. The number of carbonyl (C=O) groups excluding carboxylic acids is 1. The summed E-state index contributed by atoms with van der Waals surface area (Å²) >= 11 is 3.37. The van der Waals surface area contributed by atoms with Gasteiger partial charge in [0.1, 0.15) is 6.61 Å². The van der Waals surface area contributed by atoms with Crippen molar-refractivity contribution in [3.05, 3.63) is 34.3 Å². The van der Waals surface area contributed by atoms with E-state index in [4.69, 9.17) is 4.74 Å². The molecule has 0 aliphatic carbocycles. The van der Waals surface area contributed by atoms with E-state index in [0.29, 0.717) is 18.1 Å². The molecule has 0 heterocycles. The Morgan fingerprint density at radius 1 is 1.41 bits per heavy atom. The van der Waals surface area contributed by atoms with E-state index in [2.05, 4.69) is 29.8 Å². The molecule has 0 aromatic heterocycles. The SMILES string of the molecule is CCCC(C)COCC(=O)c1ccccc1Br. The van der Waals surface area contributed by atoms with Gasteiger partial charge in [-0.1, -0.05) is 54.4 Å². The molecule has 0 fully saturated rings. The molecule has 2 nitrogen and oxygen atoms in total. The summed E-state index contributed by atoms with van der Waals surface area (Å²) in [4.78, 5) is 11.8. The zero-order valence-corrected chi connectivity index (χ0v) is 12.0. The molecule has 94 valence electrons. The molecule has 0 N–H and O–H groups in total. The quantitative estimate of drug-likeness (QED) is 0.709. The molecule has 0 aliphatic rings. The van der Waals surface area contributed by atoms with E-state index in [0.717, 1.165) is 17.3 Å². The van der Waals surface area contributed by atoms with Crippen LogP contribution in [0.15, 0.2) is 28.7 Å². The highest BCUT2D eigenvalue weighted by atomic mass is 79.9. The van der Waals surface area contributed by atoms with Gasteiger partial charge in [0.15, 0.2) is 5.78 Å². The van der Waals surface area contributed by atoms with Crippen molar-refractivity contribution < 1.29 is 9.53 Å². The van der Waals surface area contributed by atoms with Crippen LogP contribution in [-0.2, 0) is 4.74 Å². The van der Waals surface area contributed by atoms with E-state index in [-0.39, 0.29) is 12.4 Å². The summed E-state index contributed by atoms with van der Waals surface area (Å²) in [6.07, 6.45) is 2.30. The van der Waals surface area contributed by atoms with Crippen molar-refractivity contribution in [2.45, 2.75) is 26.7 Å². The fourth-order valence-electron chi connectivity index (χ4n) is 1.69. The van der Waals surface area contributed by atoms with Crippen LogP contribution in [-0.4, -0.2) is 19.0 Å². The van der Waals surface area contributed by atoms with Crippen LogP contribution < -0.4 is 0 Å². The lowest BCUT2D eigenvalue weighted by Gasteiger charge is -2.10. The van der Waals surface area contributed by atoms with Crippen molar-refractivity contribution in [1.82, 2.24) is 0 Å². The number of hydrogen-bond acceptors (Lipinski definition) is 2. The Hall–Kier alpha value is -0.670. The number of carbonyl (C=O) groups is 1. The number of ether oxygens (including phenoxy) is 1. The Kier molecular flexibility index (Phi) is 6.45. The molecule has 0 saturated heterocycles. The topological polar surface area (TPSA) is 26.3 Å². The van der Waals surface area contributed by atoms with Gasteiger partial charge in [-0.2, -0.15) is 0 Å². The lowest BCUT2D eigenvalue weighted by atomic mass is 10.1. The van der Waals surface area contributed by atoms with Gasteiger partial charge in [0.25, 0.3) is 0 Å². The van der Waals surface area contributed by atoms with Crippen LogP contribution in [0.4, 0.5) is 0 Å². The maximum absolute atomic E-state index is 11.8. The third-order valence-electron chi connectivity index (χ3n) is 2.59. The van der Waals surface area contributed by atoms with Crippen molar-refractivity contribution in [3.63, 3.8) is 0 Å². The Morgan fingerprint density at radius 3 is 2.76 bits per heavy atom. The molecule has 3 heteroatoms. The lowest BCUT2D eigenvalue weighted by molar-refractivity contribution is 0.0682. The molecular weight excluding hydrogens is 280 g/mol. The highest BCUT2D eigenvalue weighted by Gasteiger charge is 2.10. The highest BCUT2D eigenvalue weighted by Crippen LogP contribution is 2.16. The number of Topliss-reactive ketones (excluding diaryl/α,β-unsaturated/α-hetero) is 1. The second-order valence-corrected chi connectivity index (χ2v) is 5.17. The predicted octanol–water partition coefficient (Wildman–Crippen LogP) is 4.08. The molecular formula is C14H19BrO2. The summed E-state index contributed by atoms with van der Waals surface area (Å²) < 4.78 is 6.28. The van der Waals surface area contributed by atoms with Crippen LogP contribution in [0.25, 0.3) is 0 Å².